The van der Waals surface area contributed by atoms with Crippen molar-refractivity contribution in [2.24, 2.45) is 0 Å². The van der Waals surface area contributed by atoms with E-state index in [1.54, 1.807) is 31.2 Å². The summed E-state index contributed by atoms with van der Waals surface area (Å²) in [5.41, 5.74) is 0.578. The molecule has 0 aliphatic heterocycles. The van der Waals surface area contributed by atoms with E-state index < -0.39 is 11.7 Å². The molecule has 0 heterocycles. The molecule has 0 spiro atoms. The largest absolute Gasteiger partial charge is 0.497 e. The first-order valence-electron chi connectivity index (χ1n) is 7.64. The molecule has 2 rings (SSSR count). The van der Waals surface area contributed by atoms with Gasteiger partial charge < -0.3 is 15.4 Å². The van der Waals surface area contributed by atoms with Crippen molar-refractivity contribution in [3.05, 3.63) is 59.7 Å². The molecule has 0 radical (unpaired) electrons. The number of carbonyl (C=O) groups is 1. The van der Waals surface area contributed by atoms with Gasteiger partial charge in [0.1, 0.15) is 5.75 Å². The molecule has 25 heavy (non-hydrogen) atoms. The van der Waals surface area contributed by atoms with Gasteiger partial charge in [-0.05, 0) is 36.8 Å². The number of halogens is 3. The van der Waals surface area contributed by atoms with Crippen molar-refractivity contribution in [1.29, 1.82) is 0 Å². The summed E-state index contributed by atoms with van der Waals surface area (Å²) < 4.78 is 42.8. The summed E-state index contributed by atoms with van der Waals surface area (Å²) >= 11 is 0. The van der Waals surface area contributed by atoms with Crippen molar-refractivity contribution in [2.75, 3.05) is 19.0 Å². The maximum absolute atomic E-state index is 12.6. The van der Waals surface area contributed by atoms with Crippen molar-refractivity contribution in [2.45, 2.75) is 19.1 Å². The predicted octanol–water partition coefficient (Wildman–Crippen LogP) is 4.00. The van der Waals surface area contributed by atoms with E-state index in [9.17, 15) is 18.0 Å². The van der Waals surface area contributed by atoms with Gasteiger partial charge in [0.05, 0.1) is 19.2 Å². The van der Waals surface area contributed by atoms with Crippen molar-refractivity contribution in [1.82, 2.24) is 5.32 Å². The van der Waals surface area contributed by atoms with Crippen LogP contribution in [0.2, 0.25) is 0 Å². The lowest BCUT2D eigenvalue weighted by Gasteiger charge is -2.15. The third kappa shape index (κ3) is 5.49. The Morgan fingerprint density at radius 2 is 1.84 bits per heavy atom. The Hall–Kier alpha value is -2.54. The van der Waals surface area contributed by atoms with Crippen LogP contribution in [-0.4, -0.2) is 19.6 Å². The molecule has 0 saturated carbocycles. The van der Waals surface area contributed by atoms with E-state index in [0.29, 0.717) is 17.0 Å². The zero-order valence-corrected chi connectivity index (χ0v) is 13.9. The molecule has 2 aromatic rings. The normalized spacial score (nSPS) is 12.5. The zero-order valence-electron chi connectivity index (χ0n) is 13.9. The molecule has 0 aliphatic carbocycles. The first-order valence-corrected chi connectivity index (χ1v) is 7.64. The summed E-state index contributed by atoms with van der Waals surface area (Å²) in [5, 5.41) is 5.70. The predicted molar refractivity (Wildman–Crippen MR) is 89.5 cm³/mol. The molecule has 1 atom stereocenters. The van der Waals surface area contributed by atoms with Crippen LogP contribution in [0.5, 0.6) is 5.75 Å². The van der Waals surface area contributed by atoms with Gasteiger partial charge in [0.25, 0.3) is 0 Å². The molecular weight excluding hydrogens is 333 g/mol. The standard InChI is InChI=1S/C18H19F3N2O2/c1-12(13-6-8-14(9-7-13)18(19,20)21)22-11-17(24)23-15-4-3-5-16(10-15)25-2/h3-10,12,22H,11H2,1-2H3,(H,23,24)/t12-/m1/s1. The average molecular weight is 352 g/mol. The maximum Gasteiger partial charge on any atom is 0.416 e. The number of anilines is 1. The van der Waals surface area contributed by atoms with Gasteiger partial charge in [-0.25, -0.2) is 0 Å². The van der Waals surface area contributed by atoms with Crippen molar-refractivity contribution in [3.8, 4) is 5.75 Å². The van der Waals surface area contributed by atoms with Gasteiger partial charge in [-0.15, -0.1) is 0 Å². The summed E-state index contributed by atoms with van der Waals surface area (Å²) in [4.78, 5) is 12.0. The fourth-order valence-corrected chi connectivity index (χ4v) is 2.23. The van der Waals surface area contributed by atoms with Crippen LogP contribution in [0.1, 0.15) is 24.1 Å². The van der Waals surface area contributed by atoms with E-state index in [-0.39, 0.29) is 18.5 Å². The number of methoxy groups -OCH3 is 1. The highest BCUT2D eigenvalue weighted by molar-refractivity contribution is 5.92. The second kappa shape index (κ2) is 8.02. The highest BCUT2D eigenvalue weighted by atomic mass is 19.4. The van der Waals surface area contributed by atoms with Crippen LogP contribution in [0.25, 0.3) is 0 Å². The van der Waals surface area contributed by atoms with E-state index in [2.05, 4.69) is 10.6 Å². The van der Waals surface area contributed by atoms with Gasteiger partial charge in [0.2, 0.25) is 5.91 Å². The Morgan fingerprint density at radius 1 is 1.16 bits per heavy atom. The summed E-state index contributed by atoms with van der Waals surface area (Å²) in [6.45, 7) is 1.81. The number of benzene rings is 2. The number of carbonyl (C=O) groups excluding carboxylic acids is 1. The van der Waals surface area contributed by atoms with Gasteiger partial charge >= 0.3 is 6.18 Å². The highest BCUT2D eigenvalue weighted by Crippen LogP contribution is 2.29. The van der Waals surface area contributed by atoms with E-state index >= 15 is 0 Å². The Morgan fingerprint density at radius 3 is 2.44 bits per heavy atom. The van der Waals surface area contributed by atoms with Gasteiger partial charge in [-0.2, -0.15) is 13.2 Å². The average Bonchev–Trinajstić information content (AvgIpc) is 2.59. The van der Waals surface area contributed by atoms with Crippen LogP contribution < -0.4 is 15.4 Å². The number of hydrogen-bond acceptors (Lipinski definition) is 3. The van der Waals surface area contributed by atoms with E-state index in [4.69, 9.17) is 4.74 Å². The molecular formula is C18H19F3N2O2. The highest BCUT2D eigenvalue weighted by Gasteiger charge is 2.30. The minimum Gasteiger partial charge on any atom is -0.497 e. The van der Waals surface area contributed by atoms with Crippen LogP contribution in [0.15, 0.2) is 48.5 Å². The Balaban J connectivity index is 1.88. The first-order chi connectivity index (χ1) is 11.8. The Bertz CT molecular complexity index is 715. The van der Waals surface area contributed by atoms with E-state index in [0.717, 1.165) is 12.1 Å². The molecule has 7 heteroatoms. The number of hydrogen-bond donors (Lipinski definition) is 2. The second-order valence-corrected chi connectivity index (χ2v) is 5.50. The fourth-order valence-electron chi connectivity index (χ4n) is 2.23. The molecule has 0 unspecified atom stereocenters. The number of amides is 1. The van der Waals surface area contributed by atoms with Crippen molar-refractivity contribution < 1.29 is 22.7 Å². The molecule has 134 valence electrons. The van der Waals surface area contributed by atoms with Gasteiger partial charge in [0, 0.05) is 17.8 Å². The molecule has 1 amide bonds. The minimum atomic E-state index is -4.36. The van der Waals surface area contributed by atoms with Crippen LogP contribution in [0, 0.1) is 0 Å². The van der Waals surface area contributed by atoms with E-state index in [1.807, 2.05) is 0 Å². The van der Waals surface area contributed by atoms with Crippen molar-refractivity contribution >= 4 is 11.6 Å². The van der Waals surface area contributed by atoms with Crippen LogP contribution in [0.3, 0.4) is 0 Å². The molecule has 0 fully saturated rings. The number of alkyl halides is 3. The minimum absolute atomic E-state index is 0.0272. The Kier molecular flexibility index (Phi) is 6.03. The monoisotopic (exact) mass is 352 g/mol. The Labute approximate surface area is 144 Å². The third-order valence-corrected chi connectivity index (χ3v) is 3.66. The summed E-state index contributed by atoms with van der Waals surface area (Å²) in [5.74, 6) is 0.371. The molecule has 0 aliphatic rings. The van der Waals surface area contributed by atoms with Crippen LogP contribution in [0.4, 0.5) is 18.9 Å². The molecule has 0 saturated heterocycles. The lowest BCUT2D eigenvalue weighted by Crippen LogP contribution is -2.30. The molecule has 2 N–H and O–H groups in total. The maximum atomic E-state index is 12.6. The quantitative estimate of drug-likeness (QED) is 0.826. The third-order valence-electron chi connectivity index (χ3n) is 3.66. The molecule has 2 aromatic carbocycles. The summed E-state index contributed by atoms with van der Waals surface area (Å²) in [6.07, 6.45) is -4.36. The zero-order chi connectivity index (χ0) is 18.4. The lowest BCUT2D eigenvalue weighted by molar-refractivity contribution is -0.137. The van der Waals surface area contributed by atoms with Gasteiger partial charge in [0.15, 0.2) is 0 Å². The van der Waals surface area contributed by atoms with Crippen LogP contribution in [-0.2, 0) is 11.0 Å². The lowest BCUT2D eigenvalue weighted by atomic mass is 10.1. The van der Waals surface area contributed by atoms with Gasteiger partial charge in [-0.1, -0.05) is 18.2 Å². The topological polar surface area (TPSA) is 50.4 Å². The first kappa shape index (κ1) is 18.8. The summed E-state index contributed by atoms with van der Waals surface area (Å²) in [6, 6.07) is 11.6. The number of nitrogens with one attached hydrogen (secondary N) is 2. The SMILES string of the molecule is COc1cccc(NC(=O)CN[C@H](C)c2ccc(C(F)(F)F)cc2)c1. The molecule has 0 aromatic heterocycles. The number of rotatable bonds is 6. The van der Waals surface area contributed by atoms with Crippen molar-refractivity contribution in [3.63, 3.8) is 0 Å². The van der Waals surface area contributed by atoms with E-state index in [1.165, 1.54) is 19.2 Å². The van der Waals surface area contributed by atoms with Crippen LogP contribution >= 0.6 is 0 Å². The summed E-state index contributed by atoms with van der Waals surface area (Å²) in [7, 11) is 1.54. The molecule has 4 nitrogen and oxygen atoms in total. The fraction of sp³-hybridized carbons (Fsp3) is 0.278. The number of ether oxygens (including phenoxy) is 1. The van der Waals surface area contributed by atoms with Gasteiger partial charge in [-0.3, -0.25) is 4.79 Å². The second-order valence-electron chi connectivity index (χ2n) is 5.50. The molecule has 0 bridgehead atoms. The smallest absolute Gasteiger partial charge is 0.416 e.